The van der Waals surface area contributed by atoms with Crippen molar-refractivity contribution in [2.75, 3.05) is 25.6 Å². The van der Waals surface area contributed by atoms with Gasteiger partial charge in [-0.15, -0.1) is 11.3 Å². The average molecular weight is 340 g/mol. The normalized spacial score (nSPS) is 18.1. The van der Waals surface area contributed by atoms with Crippen molar-refractivity contribution in [3.63, 3.8) is 0 Å². The Hall–Kier alpha value is -1.60. The maximum Gasteiger partial charge on any atom is 0.340 e. The number of rotatable bonds is 3. The topological polar surface area (TPSA) is 78.9 Å². The van der Waals surface area contributed by atoms with Crippen LogP contribution in [0, 0.1) is 0 Å². The third-order valence-electron chi connectivity index (χ3n) is 3.95. The second kappa shape index (κ2) is 6.88. The van der Waals surface area contributed by atoms with Crippen LogP contribution in [0.3, 0.4) is 0 Å². The first-order chi connectivity index (χ1) is 10.8. The van der Waals surface area contributed by atoms with Gasteiger partial charge in [0.05, 0.1) is 25.3 Å². The summed E-state index contributed by atoms with van der Waals surface area (Å²) in [7, 11) is 1.32. The van der Waals surface area contributed by atoms with Gasteiger partial charge in [-0.05, 0) is 24.3 Å². The second-order valence-corrected chi connectivity index (χ2v) is 7.75. The van der Waals surface area contributed by atoms with Gasteiger partial charge in [0.25, 0.3) is 0 Å². The number of ether oxygens (including phenoxy) is 1. The summed E-state index contributed by atoms with van der Waals surface area (Å²) < 4.78 is 4.82. The third kappa shape index (κ3) is 3.84. The molecule has 1 atom stereocenters. The monoisotopic (exact) mass is 340 g/mol. The molecule has 2 heterocycles. The van der Waals surface area contributed by atoms with Crippen LogP contribution < -0.4 is 5.32 Å². The minimum atomic E-state index is -0.466. The molecule has 0 spiro atoms. The Bertz CT molecular complexity index is 591. The zero-order valence-electron chi connectivity index (χ0n) is 14.0. The van der Waals surface area contributed by atoms with Crippen molar-refractivity contribution >= 4 is 28.3 Å². The van der Waals surface area contributed by atoms with Gasteiger partial charge in [-0.3, -0.25) is 5.32 Å². The predicted octanol–water partition coefficient (Wildman–Crippen LogP) is 2.82. The fraction of sp³-hybridized carbons (Fsp3) is 0.625. The number of likely N-dealkylation sites (tertiary alicyclic amines) is 1. The zero-order valence-corrected chi connectivity index (χ0v) is 14.8. The van der Waals surface area contributed by atoms with E-state index in [1.165, 1.54) is 18.4 Å². The largest absolute Gasteiger partial charge is 0.465 e. The lowest BCUT2D eigenvalue weighted by atomic mass is 9.94. The molecule has 0 saturated carbocycles. The summed E-state index contributed by atoms with van der Waals surface area (Å²) in [4.78, 5) is 27.1. The first-order valence-electron chi connectivity index (χ1n) is 7.69. The Morgan fingerprint density at radius 2 is 2.17 bits per heavy atom. The highest BCUT2D eigenvalue weighted by Crippen LogP contribution is 2.36. The molecule has 0 aromatic carbocycles. The van der Waals surface area contributed by atoms with Crippen LogP contribution in [0.2, 0.25) is 0 Å². The van der Waals surface area contributed by atoms with E-state index in [9.17, 15) is 14.7 Å². The van der Waals surface area contributed by atoms with Gasteiger partial charge in [-0.1, -0.05) is 20.8 Å². The number of esters is 1. The standard InChI is InChI=1S/C16H24N2O4S/c1-16(2,3)12-8-11(14(20)22-4)13(23-12)17-15(21)18-7-5-6-10(18)9-19/h8,10,19H,5-7,9H2,1-4H3,(H,17,21)/t10-/m1/s1. The van der Waals surface area contributed by atoms with Crippen molar-refractivity contribution < 1.29 is 19.4 Å². The van der Waals surface area contributed by atoms with Crippen LogP contribution in [-0.2, 0) is 10.2 Å². The Balaban J connectivity index is 2.25. The highest BCUT2D eigenvalue weighted by Gasteiger charge is 2.30. The van der Waals surface area contributed by atoms with Gasteiger partial charge in [0.2, 0.25) is 0 Å². The van der Waals surface area contributed by atoms with Crippen molar-refractivity contribution in [2.24, 2.45) is 0 Å². The molecule has 6 nitrogen and oxygen atoms in total. The Morgan fingerprint density at radius 1 is 1.48 bits per heavy atom. The van der Waals surface area contributed by atoms with Crippen LogP contribution >= 0.6 is 11.3 Å². The lowest BCUT2D eigenvalue weighted by Gasteiger charge is -2.23. The highest BCUT2D eigenvalue weighted by atomic mass is 32.1. The van der Waals surface area contributed by atoms with Crippen LogP contribution in [0.15, 0.2) is 6.07 Å². The van der Waals surface area contributed by atoms with E-state index in [2.05, 4.69) is 5.32 Å². The van der Waals surface area contributed by atoms with Gasteiger partial charge in [-0.2, -0.15) is 0 Å². The van der Waals surface area contributed by atoms with E-state index >= 15 is 0 Å². The molecule has 0 unspecified atom stereocenters. The number of nitrogens with zero attached hydrogens (tertiary/aromatic N) is 1. The fourth-order valence-corrected chi connectivity index (χ4v) is 3.67. The maximum atomic E-state index is 12.5. The highest BCUT2D eigenvalue weighted by molar-refractivity contribution is 7.16. The molecule has 0 bridgehead atoms. The molecule has 1 saturated heterocycles. The smallest absolute Gasteiger partial charge is 0.340 e. The van der Waals surface area contributed by atoms with E-state index in [4.69, 9.17) is 4.74 Å². The lowest BCUT2D eigenvalue weighted by molar-refractivity contribution is 0.0602. The number of thiophene rings is 1. The summed E-state index contributed by atoms with van der Waals surface area (Å²) in [5.41, 5.74) is 0.244. The maximum absolute atomic E-state index is 12.5. The van der Waals surface area contributed by atoms with E-state index in [0.717, 1.165) is 17.7 Å². The van der Waals surface area contributed by atoms with E-state index in [0.29, 0.717) is 17.1 Å². The van der Waals surface area contributed by atoms with Crippen molar-refractivity contribution in [3.8, 4) is 0 Å². The summed E-state index contributed by atoms with van der Waals surface area (Å²) in [6.07, 6.45) is 1.67. The van der Waals surface area contributed by atoms with Crippen molar-refractivity contribution in [1.82, 2.24) is 4.90 Å². The van der Waals surface area contributed by atoms with Crippen LogP contribution in [0.25, 0.3) is 0 Å². The van der Waals surface area contributed by atoms with Gasteiger partial charge in [0.15, 0.2) is 0 Å². The van der Waals surface area contributed by atoms with Gasteiger partial charge in [0, 0.05) is 11.4 Å². The Morgan fingerprint density at radius 3 is 2.74 bits per heavy atom. The summed E-state index contributed by atoms with van der Waals surface area (Å²) in [6, 6.07) is 1.34. The number of aliphatic hydroxyl groups is 1. The molecule has 1 aromatic rings. The van der Waals surface area contributed by atoms with E-state index in [1.807, 2.05) is 20.8 Å². The third-order valence-corrected chi connectivity index (χ3v) is 5.42. The number of hydrogen-bond acceptors (Lipinski definition) is 5. The molecule has 1 aliphatic rings. The Kier molecular flexibility index (Phi) is 5.31. The summed E-state index contributed by atoms with van der Waals surface area (Å²) in [6.45, 7) is 6.71. The van der Waals surface area contributed by atoms with Crippen LogP contribution in [0.4, 0.5) is 9.80 Å². The molecule has 2 amide bonds. The minimum Gasteiger partial charge on any atom is -0.465 e. The molecule has 7 heteroatoms. The van der Waals surface area contributed by atoms with E-state index < -0.39 is 5.97 Å². The van der Waals surface area contributed by atoms with Gasteiger partial charge >= 0.3 is 12.0 Å². The first kappa shape index (κ1) is 17.7. The zero-order chi connectivity index (χ0) is 17.2. The number of hydrogen-bond donors (Lipinski definition) is 2. The van der Waals surface area contributed by atoms with E-state index in [-0.39, 0.29) is 24.1 Å². The molecule has 1 fully saturated rings. The molecular weight excluding hydrogens is 316 g/mol. The molecule has 23 heavy (non-hydrogen) atoms. The summed E-state index contributed by atoms with van der Waals surface area (Å²) in [5.74, 6) is -0.466. The SMILES string of the molecule is COC(=O)c1cc(C(C)(C)C)sc1NC(=O)N1CCC[C@@H]1CO. The Labute approximate surface area is 140 Å². The van der Waals surface area contributed by atoms with Crippen LogP contribution in [-0.4, -0.2) is 48.3 Å². The van der Waals surface area contributed by atoms with Crippen molar-refractivity contribution in [1.29, 1.82) is 0 Å². The first-order valence-corrected chi connectivity index (χ1v) is 8.50. The number of carbonyl (C=O) groups excluding carboxylic acids is 2. The summed E-state index contributed by atoms with van der Waals surface area (Å²) in [5, 5.41) is 12.7. The lowest BCUT2D eigenvalue weighted by Crippen LogP contribution is -2.40. The number of urea groups is 1. The quantitative estimate of drug-likeness (QED) is 0.829. The van der Waals surface area contributed by atoms with E-state index in [1.54, 1.807) is 11.0 Å². The van der Waals surface area contributed by atoms with Crippen LogP contribution in [0.5, 0.6) is 0 Å². The van der Waals surface area contributed by atoms with Crippen molar-refractivity contribution in [3.05, 3.63) is 16.5 Å². The van der Waals surface area contributed by atoms with Gasteiger partial charge in [0.1, 0.15) is 5.00 Å². The predicted molar refractivity (Wildman–Crippen MR) is 90.2 cm³/mol. The molecule has 0 aliphatic carbocycles. The second-order valence-electron chi connectivity index (χ2n) is 6.70. The molecule has 128 valence electrons. The van der Waals surface area contributed by atoms with Gasteiger partial charge in [-0.25, -0.2) is 9.59 Å². The van der Waals surface area contributed by atoms with Crippen molar-refractivity contribution in [2.45, 2.75) is 45.1 Å². The minimum absolute atomic E-state index is 0.0467. The number of aliphatic hydroxyl groups excluding tert-OH is 1. The number of anilines is 1. The number of amides is 2. The molecule has 1 aliphatic heterocycles. The number of methoxy groups -OCH3 is 1. The number of carbonyl (C=O) groups is 2. The van der Waals surface area contributed by atoms with Crippen LogP contribution in [0.1, 0.15) is 48.8 Å². The molecule has 2 rings (SSSR count). The molecule has 2 N–H and O–H groups in total. The molecular formula is C16H24N2O4S. The molecule has 1 aromatic heterocycles. The summed E-state index contributed by atoms with van der Waals surface area (Å²) >= 11 is 1.38. The fourth-order valence-electron chi connectivity index (χ4n) is 2.58. The van der Waals surface area contributed by atoms with Gasteiger partial charge < -0.3 is 14.7 Å². The molecule has 0 radical (unpaired) electrons. The number of nitrogens with one attached hydrogen (secondary N) is 1. The average Bonchev–Trinajstić information content (AvgIpc) is 3.12.